The van der Waals surface area contributed by atoms with Crippen molar-refractivity contribution in [3.05, 3.63) is 158 Å². The Morgan fingerprint density at radius 1 is 0.408 bits per heavy atom. The number of hydrogen-bond acceptors (Lipinski definition) is 1. The van der Waals surface area contributed by atoms with E-state index < -0.39 is 0 Å². The second kappa shape index (κ2) is 12.6. The number of benzene rings is 8. The Balaban J connectivity index is 0.000000843. The molecule has 0 unspecified atom stereocenters. The highest BCUT2D eigenvalue weighted by atomic mass is 15.0. The number of rotatable bonds is 3. The topological polar surface area (TPSA) is 17.8 Å². The fourth-order valence-corrected chi connectivity index (χ4v) is 7.51. The summed E-state index contributed by atoms with van der Waals surface area (Å²) in [6, 6.07) is 55.2. The molecule has 0 N–H and O–H groups in total. The third kappa shape index (κ3) is 4.83. The molecule has 10 aromatic rings. The molecule has 236 valence electrons. The minimum Gasteiger partial charge on any atom is -0.309 e. The summed E-state index contributed by atoms with van der Waals surface area (Å²) in [5.41, 5.74) is 9.48. The van der Waals surface area contributed by atoms with Crippen molar-refractivity contribution in [1.29, 1.82) is 0 Å². The van der Waals surface area contributed by atoms with Gasteiger partial charge in [0.05, 0.1) is 16.6 Å². The second-order valence-corrected chi connectivity index (χ2v) is 12.0. The maximum Gasteiger partial charge on any atom is 0.0702 e. The van der Waals surface area contributed by atoms with E-state index in [1.807, 2.05) is 40.0 Å². The highest BCUT2D eigenvalue weighted by Crippen LogP contribution is 2.43. The zero-order valence-electron chi connectivity index (χ0n) is 28.4. The highest BCUT2D eigenvalue weighted by molar-refractivity contribution is 6.27. The molecule has 2 heterocycles. The summed E-state index contributed by atoms with van der Waals surface area (Å²) < 4.78 is 2.38. The van der Waals surface area contributed by atoms with Crippen LogP contribution in [0, 0.1) is 0 Å². The first-order valence-electron chi connectivity index (χ1n) is 17.5. The monoisotopic (exact) mass is 630 g/mol. The van der Waals surface area contributed by atoms with Crippen molar-refractivity contribution < 1.29 is 0 Å². The van der Waals surface area contributed by atoms with Gasteiger partial charge in [-0.1, -0.05) is 143 Å². The van der Waals surface area contributed by atoms with Gasteiger partial charge in [0.2, 0.25) is 0 Å². The lowest BCUT2D eigenvalue weighted by Gasteiger charge is -2.17. The zero-order valence-corrected chi connectivity index (χ0v) is 28.4. The molecule has 49 heavy (non-hydrogen) atoms. The number of aromatic nitrogens is 2. The minimum absolute atomic E-state index is 1.02. The van der Waals surface area contributed by atoms with Crippen LogP contribution < -0.4 is 0 Å². The fraction of sp³-hybridized carbons (Fsp3) is 0.0851. The first-order valence-corrected chi connectivity index (χ1v) is 17.5. The van der Waals surface area contributed by atoms with Gasteiger partial charge in [-0.25, -0.2) is 0 Å². The molecule has 2 aromatic heterocycles. The van der Waals surface area contributed by atoms with E-state index in [2.05, 4.69) is 150 Å². The summed E-state index contributed by atoms with van der Waals surface area (Å²) in [7, 11) is 0. The quantitative estimate of drug-likeness (QED) is 0.178. The molecule has 0 aliphatic carbocycles. The molecular formula is C47H38N2. The minimum atomic E-state index is 1.02. The van der Waals surface area contributed by atoms with Crippen molar-refractivity contribution in [3.8, 4) is 27.9 Å². The SMILES string of the molecule is CC.CC.c1ccc2ncc(-c3ccc4ccc5c(-c6ccc(-n7c8ccccc8c8ccccc87)cc6)ccc6ccc3c4c65)cc2c1. The van der Waals surface area contributed by atoms with E-state index in [4.69, 9.17) is 4.98 Å². The molecule has 0 saturated heterocycles. The summed E-state index contributed by atoms with van der Waals surface area (Å²) >= 11 is 0. The van der Waals surface area contributed by atoms with Gasteiger partial charge < -0.3 is 4.57 Å². The summed E-state index contributed by atoms with van der Waals surface area (Å²) in [6.45, 7) is 8.00. The molecule has 2 heteroatoms. The smallest absolute Gasteiger partial charge is 0.0702 e. The molecule has 0 saturated carbocycles. The maximum atomic E-state index is 4.78. The van der Waals surface area contributed by atoms with Crippen LogP contribution in [0.25, 0.3) is 93.0 Å². The van der Waals surface area contributed by atoms with Crippen molar-refractivity contribution >= 4 is 65.0 Å². The van der Waals surface area contributed by atoms with Gasteiger partial charge in [-0.3, -0.25) is 4.98 Å². The van der Waals surface area contributed by atoms with Crippen LogP contribution in [0.4, 0.5) is 0 Å². The van der Waals surface area contributed by atoms with E-state index in [9.17, 15) is 0 Å². The molecule has 0 aliphatic rings. The molecule has 0 atom stereocenters. The Morgan fingerprint density at radius 2 is 0.918 bits per heavy atom. The van der Waals surface area contributed by atoms with Crippen LogP contribution in [0.3, 0.4) is 0 Å². The van der Waals surface area contributed by atoms with Crippen LogP contribution in [-0.2, 0) is 0 Å². The van der Waals surface area contributed by atoms with Crippen LogP contribution in [0.5, 0.6) is 0 Å². The normalized spacial score (nSPS) is 11.3. The van der Waals surface area contributed by atoms with Gasteiger partial charge in [0.25, 0.3) is 0 Å². The van der Waals surface area contributed by atoms with Gasteiger partial charge in [0, 0.05) is 33.6 Å². The van der Waals surface area contributed by atoms with E-state index in [1.54, 1.807) is 0 Å². The van der Waals surface area contributed by atoms with Gasteiger partial charge in [0.15, 0.2) is 0 Å². The largest absolute Gasteiger partial charge is 0.309 e. The van der Waals surface area contributed by atoms with Crippen molar-refractivity contribution in [2.45, 2.75) is 27.7 Å². The van der Waals surface area contributed by atoms with Crippen LogP contribution in [0.1, 0.15) is 27.7 Å². The number of para-hydroxylation sites is 3. The Kier molecular flexibility index (Phi) is 7.78. The molecule has 0 bridgehead atoms. The molecule has 0 aliphatic heterocycles. The Bertz CT molecular complexity index is 2700. The van der Waals surface area contributed by atoms with Crippen LogP contribution in [-0.4, -0.2) is 9.55 Å². The van der Waals surface area contributed by atoms with E-state index in [1.165, 1.54) is 76.5 Å². The molecule has 0 radical (unpaired) electrons. The van der Waals surface area contributed by atoms with E-state index in [0.717, 1.165) is 16.5 Å². The Hall–Kier alpha value is -5.99. The maximum absolute atomic E-state index is 4.78. The van der Waals surface area contributed by atoms with Crippen molar-refractivity contribution in [3.63, 3.8) is 0 Å². The number of pyridine rings is 1. The fourth-order valence-electron chi connectivity index (χ4n) is 7.51. The summed E-state index contributed by atoms with van der Waals surface area (Å²) in [4.78, 5) is 4.78. The lowest BCUT2D eigenvalue weighted by atomic mass is 9.87. The van der Waals surface area contributed by atoms with E-state index in [-0.39, 0.29) is 0 Å². The van der Waals surface area contributed by atoms with Gasteiger partial charge in [-0.2, -0.15) is 0 Å². The van der Waals surface area contributed by atoms with Gasteiger partial charge in [-0.05, 0) is 85.4 Å². The van der Waals surface area contributed by atoms with Crippen LogP contribution >= 0.6 is 0 Å². The average molecular weight is 631 g/mol. The van der Waals surface area contributed by atoms with Crippen LogP contribution in [0.2, 0.25) is 0 Å². The third-order valence-electron chi connectivity index (χ3n) is 9.58. The zero-order chi connectivity index (χ0) is 33.5. The van der Waals surface area contributed by atoms with Gasteiger partial charge >= 0.3 is 0 Å². The van der Waals surface area contributed by atoms with Crippen LogP contribution in [0.15, 0.2) is 158 Å². The van der Waals surface area contributed by atoms with Gasteiger partial charge in [-0.15, -0.1) is 0 Å². The van der Waals surface area contributed by atoms with Gasteiger partial charge in [0.1, 0.15) is 0 Å². The lowest BCUT2D eigenvalue weighted by Crippen LogP contribution is -1.94. The highest BCUT2D eigenvalue weighted by Gasteiger charge is 2.16. The standard InChI is InChI=1S/C43H26N2.2C2H6/c1-4-10-39-30(7-1)25-31(26-44-39)34-22-16-29-17-23-37-33(21-15-28-18-24-38(34)43(29)42(28)37)27-13-19-32(20-14-27)45-40-11-5-2-8-35(40)36-9-3-6-12-41(36)45;2*1-2/h1-26H;2*1-2H3. The molecule has 8 aromatic carbocycles. The number of nitrogens with zero attached hydrogens (tertiary/aromatic N) is 2. The Morgan fingerprint density at radius 3 is 1.53 bits per heavy atom. The molecular weight excluding hydrogens is 593 g/mol. The second-order valence-electron chi connectivity index (χ2n) is 12.0. The molecule has 0 spiro atoms. The van der Waals surface area contributed by atoms with Crippen molar-refractivity contribution in [2.24, 2.45) is 0 Å². The third-order valence-corrected chi connectivity index (χ3v) is 9.58. The number of fused-ring (bicyclic) bond motifs is 4. The average Bonchev–Trinajstić information content (AvgIpc) is 3.53. The first kappa shape index (κ1) is 30.4. The molecule has 0 fully saturated rings. The predicted octanol–water partition coefficient (Wildman–Crippen LogP) is 13.6. The number of hydrogen-bond donors (Lipinski definition) is 0. The lowest BCUT2D eigenvalue weighted by molar-refractivity contribution is 1.18. The summed E-state index contributed by atoms with van der Waals surface area (Å²) in [5, 5.41) is 11.4. The molecule has 10 rings (SSSR count). The molecule has 0 amide bonds. The Labute approximate surface area is 287 Å². The van der Waals surface area contributed by atoms with Crippen molar-refractivity contribution in [1.82, 2.24) is 9.55 Å². The van der Waals surface area contributed by atoms with E-state index >= 15 is 0 Å². The predicted molar refractivity (Wildman–Crippen MR) is 213 cm³/mol. The summed E-state index contributed by atoms with van der Waals surface area (Å²) in [6.07, 6.45) is 2.01. The van der Waals surface area contributed by atoms with Crippen molar-refractivity contribution in [2.75, 3.05) is 0 Å². The first-order chi connectivity index (χ1) is 24.3. The summed E-state index contributed by atoms with van der Waals surface area (Å²) in [5.74, 6) is 0. The molecule has 2 nitrogen and oxygen atoms in total. The van der Waals surface area contributed by atoms with E-state index in [0.29, 0.717) is 0 Å².